The van der Waals surface area contributed by atoms with Crippen LogP contribution in [0.5, 0.6) is 0 Å². The monoisotopic (exact) mass is 444 g/mol. The Morgan fingerprint density at radius 3 is 2.45 bits per heavy atom. The van der Waals surface area contributed by atoms with Crippen molar-refractivity contribution in [1.29, 1.82) is 0 Å². The fraction of sp³-hybridized carbons (Fsp3) is 0.375. The summed E-state index contributed by atoms with van der Waals surface area (Å²) in [5, 5.41) is 8.84. The number of nitrogens with two attached hydrogens (primary N) is 1. The van der Waals surface area contributed by atoms with Crippen molar-refractivity contribution in [2.45, 2.75) is 31.7 Å². The summed E-state index contributed by atoms with van der Waals surface area (Å²) in [5.41, 5.74) is 9.26. The van der Waals surface area contributed by atoms with E-state index in [2.05, 4.69) is 56.3 Å². The van der Waals surface area contributed by atoms with Crippen LogP contribution in [0.3, 0.4) is 0 Å². The molecule has 1 aliphatic rings. The molecule has 9 heteroatoms. The molecule has 0 saturated heterocycles. The number of nitrogens with zero attached hydrogens (tertiary/aromatic N) is 7. The Labute approximate surface area is 192 Å². The van der Waals surface area contributed by atoms with Crippen LogP contribution >= 0.6 is 0 Å². The molecule has 1 aliphatic carbocycles. The van der Waals surface area contributed by atoms with E-state index in [0.717, 1.165) is 42.6 Å². The van der Waals surface area contributed by atoms with Crippen molar-refractivity contribution in [3.63, 3.8) is 0 Å². The third kappa shape index (κ3) is 4.23. The summed E-state index contributed by atoms with van der Waals surface area (Å²) in [5.74, 6) is 1.97. The van der Waals surface area contributed by atoms with Crippen molar-refractivity contribution >= 4 is 5.95 Å². The number of aromatic nitrogens is 6. The van der Waals surface area contributed by atoms with Crippen molar-refractivity contribution in [3.05, 3.63) is 60.4 Å². The Hall–Kier alpha value is -3.59. The van der Waals surface area contributed by atoms with Gasteiger partial charge in [-0.1, -0.05) is 29.4 Å². The van der Waals surface area contributed by atoms with E-state index >= 15 is 0 Å². The van der Waals surface area contributed by atoms with Gasteiger partial charge in [-0.3, -0.25) is 4.68 Å². The Kier molecular flexibility index (Phi) is 5.41. The minimum Gasteiger partial charge on any atom is -0.368 e. The second-order valence-electron chi connectivity index (χ2n) is 9.10. The standard InChI is InChI=1S/C24H28N8O/c1-24(20-8-9-20,19-6-4-16(5-7-19)17-12-26-23(25)27-13-17)22-29-21(33-30-22)18-14-28-32(15-18)11-10-31(2)3/h4-7,12-15,20H,8-11H2,1-3H3,(H2,25,26,27)/t24-/m0/s1. The summed E-state index contributed by atoms with van der Waals surface area (Å²) in [6, 6.07) is 8.44. The average Bonchev–Trinajstić information content (AvgIpc) is 3.37. The maximum Gasteiger partial charge on any atom is 0.261 e. The van der Waals surface area contributed by atoms with Crippen molar-refractivity contribution in [1.82, 2.24) is 34.8 Å². The summed E-state index contributed by atoms with van der Waals surface area (Å²) in [7, 11) is 4.09. The predicted octanol–water partition coefficient (Wildman–Crippen LogP) is 3.25. The van der Waals surface area contributed by atoms with Crippen molar-refractivity contribution in [2.75, 3.05) is 26.4 Å². The van der Waals surface area contributed by atoms with Gasteiger partial charge in [0.2, 0.25) is 5.95 Å². The summed E-state index contributed by atoms with van der Waals surface area (Å²) in [4.78, 5) is 15.1. The lowest BCUT2D eigenvalue weighted by atomic mass is 9.77. The lowest BCUT2D eigenvalue weighted by molar-refractivity contribution is 0.373. The number of nitrogen functional groups attached to an aromatic ring is 1. The van der Waals surface area contributed by atoms with E-state index in [1.54, 1.807) is 18.6 Å². The number of benzene rings is 1. The first-order chi connectivity index (χ1) is 15.9. The van der Waals surface area contributed by atoms with Crippen molar-refractivity contribution in [2.24, 2.45) is 5.92 Å². The maximum absolute atomic E-state index is 5.69. The highest BCUT2D eigenvalue weighted by Crippen LogP contribution is 2.50. The van der Waals surface area contributed by atoms with Crippen molar-refractivity contribution in [3.8, 4) is 22.6 Å². The van der Waals surface area contributed by atoms with Crippen LogP contribution in [-0.2, 0) is 12.0 Å². The Bertz CT molecular complexity index is 1220. The minimum absolute atomic E-state index is 0.271. The van der Waals surface area contributed by atoms with Gasteiger partial charge in [0.15, 0.2) is 5.82 Å². The van der Waals surface area contributed by atoms with E-state index in [9.17, 15) is 0 Å². The highest BCUT2D eigenvalue weighted by atomic mass is 16.5. The molecule has 3 aromatic heterocycles. The van der Waals surface area contributed by atoms with Crippen LogP contribution in [0.15, 0.2) is 53.6 Å². The lowest BCUT2D eigenvalue weighted by Crippen LogP contribution is -2.28. The topological polar surface area (TPSA) is 112 Å². The molecular weight excluding hydrogens is 416 g/mol. The molecular formula is C24H28N8O. The van der Waals surface area contributed by atoms with Gasteiger partial charge in [-0.15, -0.1) is 0 Å². The fourth-order valence-electron chi connectivity index (χ4n) is 4.15. The fourth-order valence-corrected chi connectivity index (χ4v) is 4.15. The molecule has 0 spiro atoms. The average molecular weight is 445 g/mol. The molecule has 0 unspecified atom stereocenters. The molecule has 4 aromatic rings. The first-order valence-electron chi connectivity index (χ1n) is 11.1. The van der Waals surface area contributed by atoms with Gasteiger partial charge in [0.25, 0.3) is 5.89 Å². The van der Waals surface area contributed by atoms with Gasteiger partial charge in [-0.25, -0.2) is 9.97 Å². The lowest BCUT2D eigenvalue weighted by Gasteiger charge is -2.27. The molecule has 1 fully saturated rings. The van der Waals surface area contributed by atoms with Crippen molar-refractivity contribution < 1.29 is 4.52 Å². The number of anilines is 1. The SMILES string of the molecule is CN(C)CCn1cc(-c2nc([C@@](C)(c3ccc(-c4cnc(N)nc4)cc3)C3CC3)no2)cn1. The second-order valence-corrected chi connectivity index (χ2v) is 9.10. The highest BCUT2D eigenvalue weighted by Gasteiger charge is 2.47. The van der Waals surface area contributed by atoms with Crippen LogP contribution in [0.2, 0.25) is 0 Å². The van der Waals surface area contributed by atoms with Gasteiger partial charge in [0, 0.05) is 30.7 Å². The van der Waals surface area contributed by atoms with E-state index in [0.29, 0.717) is 17.6 Å². The molecule has 170 valence electrons. The zero-order chi connectivity index (χ0) is 23.0. The number of rotatable bonds is 8. The summed E-state index contributed by atoms with van der Waals surface area (Å²) in [6.07, 6.45) is 9.51. The van der Waals surface area contributed by atoms with Gasteiger partial charge >= 0.3 is 0 Å². The van der Waals surface area contributed by atoms with Gasteiger partial charge in [-0.05, 0) is 50.9 Å². The predicted molar refractivity (Wildman–Crippen MR) is 125 cm³/mol. The third-order valence-corrected chi connectivity index (χ3v) is 6.43. The smallest absolute Gasteiger partial charge is 0.261 e. The van der Waals surface area contributed by atoms with Crippen LogP contribution in [0.1, 0.15) is 31.2 Å². The maximum atomic E-state index is 5.69. The summed E-state index contributed by atoms with van der Waals surface area (Å²) in [6.45, 7) is 3.93. The Morgan fingerprint density at radius 1 is 1.06 bits per heavy atom. The molecule has 33 heavy (non-hydrogen) atoms. The molecule has 5 rings (SSSR count). The normalized spacial score (nSPS) is 15.6. The third-order valence-electron chi connectivity index (χ3n) is 6.43. The Morgan fingerprint density at radius 2 is 1.79 bits per heavy atom. The molecule has 0 radical (unpaired) electrons. The molecule has 1 aromatic carbocycles. The quantitative estimate of drug-likeness (QED) is 0.441. The summed E-state index contributed by atoms with van der Waals surface area (Å²) >= 11 is 0. The first-order valence-corrected chi connectivity index (χ1v) is 11.1. The zero-order valence-corrected chi connectivity index (χ0v) is 19.1. The van der Waals surface area contributed by atoms with Crippen LogP contribution in [0.4, 0.5) is 5.95 Å². The van der Waals surface area contributed by atoms with Gasteiger partial charge in [0.05, 0.1) is 23.7 Å². The zero-order valence-electron chi connectivity index (χ0n) is 19.1. The van der Waals surface area contributed by atoms with E-state index in [4.69, 9.17) is 15.2 Å². The minimum atomic E-state index is -0.321. The van der Waals surface area contributed by atoms with E-state index in [-0.39, 0.29) is 11.4 Å². The number of hydrogen-bond acceptors (Lipinski definition) is 8. The van der Waals surface area contributed by atoms with Gasteiger partial charge in [0.1, 0.15) is 0 Å². The largest absolute Gasteiger partial charge is 0.368 e. The molecule has 0 aliphatic heterocycles. The van der Waals surface area contributed by atoms with Crippen LogP contribution in [0.25, 0.3) is 22.6 Å². The van der Waals surface area contributed by atoms with Gasteiger partial charge in [-0.2, -0.15) is 10.1 Å². The summed E-state index contributed by atoms with van der Waals surface area (Å²) < 4.78 is 7.59. The first kappa shape index (κ1) is 21.3. The van der Waals surface area contributed by atoms with Crippen LogP contribution in [0, 0.1) is 5.92 Å². The van der Waals surface area contributed by atoms with E-state index in [1.165, 1.54) is 5.56 Å². The molecule has 3 heterocycles. The van der Waals surface area contributed by atoms with Gasteiger partial charge < -0.3 is 15.2 Å². The van der Waals surface area contributed by atoms with Crippen LogP contribution < -0.4 is 5.73 Å². The molecule has 0 amide bonds. The number of hydrogen-bond donors (Lipinski definition) is 1. The number of likely N-dealkylation sites (N-methyl/N-ethyl adjacent to an activating group) is 1. The molecule has 9 nitrogen and oxygen atoms in total. The van der Waals surface area contributed by atoms with E-state index < -0.39 is 0 Å². The molecule has 2 N–H and O–H groups in total. The second kappa shape index (κ2) is 8.40. The molecule has 1 saturated carbocycles. The van der Waals surface area contributed by atoms with E-state index in [1.807, 2.05) is 25.0 Å². The molecule has 1 atom stereocenters. The van der Waals surface area contributed by atoms with Crippen LogP contribution in [-0.4, -0.2) is 55.4 Å². The highest BCUT2D eigenvalue weighted by molar-refractivity contribution is 5.63. The Balaban J connectivity index is 1.41. The molecule has 0 bridgehead atoms.